The van der Waals surface area contributed by atoms with Crippen LogP contribution in [0.25, 0.3) is 0 Å². The highest BCUT2D eigenvalue weighted by Crippen LogP contribution is 2.41. The number of halogens is 2. The summed E-state index contributed by atoms with van der Waals surface area (Å²) in [6.07, 6.45) is 0. The number of aryl methyl sites for hydroxylation is 1. The van der Waals surface area contributed by atoms with Crippen molar-refractivity contribution in [2.24, 2.45) is 0 Å². The zero-order chi connectivity index (χ0) is 19.8. The van der Waals surface area contributed by atoms with Gasteiger partial charge in [0.05, 0.1) is 12.1 Å². The fourth-order valence-corrected chi connectivity index (χ4v) is 4.40. The maximum absolute atomic E-state index is 13.6. The molecule has 2 amide bonds. The summed E-state index contributed by atoms with van der Waals surface area (Å²) in [7, 11) is 0. The van der Waals surface area contributed by atoms with Crippen LogP contribution < -0.4 is 9.80 Å². The topological polar surface area (TPSA) is 23.6 Å². The third kappa shape index (κ3) is 3.49. The molecule has 0 saturated carbocycles. The van der Waals surface area contributed by atoms with Crippen molar-refractivity contribution in [2.75, 3.05) is 9.80 Å². The Bertz CT molecular complexity index is 1000. The number of carbonyl (C=O) groups excluding carboxylic acids is 1. The van der Waals surface area contributed by atoms with Gasteiger partial charge < -0.3 is 0 Å². The third-order valence-electron chi connectivity index (χ3n) is 5.15. The van der Waals surface area contributed by atoms with E-state index in [1.54, 1.807) is 0 Å². The SMILES string of the molecule is Cc1cccc([C@H]2[C@H](C)N(c3ccc(Br)cc3)C(=O)N2c2ccc(Br)cc2)c1. The number of hydrogen-bond acceptors (Lipinski definition) is 1. The van der Waals surface area contributed by atoms with Crippen molar-refractivity contribution in [1.82, 2.24) is 0 Å². The van der Waals surface area contributed by atoms with Gasteiger partial charge >= 0.3 is 6.03 Å². The number of hydrogen-bond donors (Lipinski definition) is 0. The molecule has 4 rings (SSSR count). The highest BCUT2D eigenvalue weighted by molar-refractivity contribution is 9.10. The van der Waals surface area contributed by atoms with Crippen LogP contribution in [0.15, 0.2) is 81.7 Å². The minimum absolute atomic E-state index is 0.0105. The second-order valence-electron chi connectivity index (χ2n) is 7.07. The van der Waals surface area contributed by atoms with E-state index in [-0.39, 0.29) is 18.1 Å². The Balaban J connectivity index is 1.83. The molecule has 0 unspecified atom stereocenters. The largest absolute Gasteiger partial charge is 0.329 e. The molecule has 0 spiro atoms. The summed E-state index contributed by atoms with van der Waals surface area (Å²) >= 11 is 6.97. The van der Waals surface area contributed by atoms with Gasteiger partial charge in [-0.15, -0.1) is 0 Å². The molecule has 3 nitrogen and oxygen atoms in total. The molecule has 5 heteroatoms. The average molecular weight is 500 g/mol. The maximum atomic E-state index is 13.6. The van der Waals surface area contributed by atoms with Gasteiger partial charge in [-0.2, -0.15) is 0 Å². The Hall–Kier alpha value is -2.11. The fraction of sp³-hybridized carbons (Fsp3) is 0.174. The van der Waals surface area contributed by atoms with Gasteiger partial charge in [-0.25, -0.2) is 4.79 Å². The molecular weight excluding hydrogens is 480 g/mol. The molecule has 3 aromatic rings. The molecule has 1 saturated heterocycles. The Morgan fingerprint density at radius 3 is 1.86 bits per heavy atom. The van der Waals surface area contributed by atoms with E-state index < -0.39 is 0 Å². The molecule has 0 radical (unpaired) electrons. The number of anilines is 2. The first-order valence-corrected chi connectivity index (χ1v) is 10.7. The molecule has 1 fully saturated rings. The van der Waals surface area contributed by atoms with Gasteiger partial charge in [0.2, 0.25) is 0 Å². The fourth-order valence-electron chi connectivity index (χ4n) is 3.87. The number of benzene rings is 3. The first-order valence-electron chi connectivity index (χ1n) is 9.16. The van der Waals surface area contributed by atoms with Crippen LogP contribution in [0, 0.1) is 6.92 Å². The van der Waals surface area contributed by atoms with E-state index >= 15 is 0 Å². The Labute approximate surface area is 182 Å². The Morgan fingerprint density at radius 1 is 0.786 bits per heavy atom. The van der Waals surface area contributed by atoms with Crippen molar-refractivity contribution < 1.29 is 4.79 Å². The molecular formula is C23H20Br2N2O. The third-order valence-corrected chi connectivity index (χ3v) is 6.21. The molecule has 0 bridgehead atoms. The number of amides is 2. The van der Waals surface area contributed by atoms with Crippen molar-refractivity contribution >= 4 is 49.3 Å². The molecule has 1 heterocycles. The summed E-state index contributed by atoms with van der Waals surface area (Å²) in [4.78, 5) is 17.4. The van der Waals surface area contributed by atoms with Crippen molar-refractivity contribution in [3.8, 4) is 0 Å². The predicted molar refractivity (Wildman–Crippen MR) is 122 cm³/mol. The van der Waals surface area contributed by atoms with Gasteiger partial charge in [0, 0.05) is 20.3 Å². The lowest BCUT2D eigenvalue weighted by Gasteiger charge is -2.26. The van der Waals surface area contributed by atoms with Crippen LogP contribution >= 0.6 is 31.9 Å². The van der Waals surface area contributed by atoms with Crippen LogP contribution in [0.3, 0.4) is 0 Å². The van der Waals surface area contributed by atoms with Crippen molar-refractivity contribution in [3.63, 3.8) is 0 Å². The molecule has 2 atom stereocenters. The van der Waals surface area contributed by atoms with Crippen LogP contribution in [-0.2, 0) is 0 Å². The minimum Gasteiger partial charge on any atom is -0.289 e. The van der Waals surface area contributed by atoms with E-state index in [1.165, 1.54) is 5.56 Å². The highest BCUT2D eigenvalue weighted by atomic mass is 79.9. The molecule has 1 aliphatic heterocycles. The number of urea groups is 1. The van der Waals surface area contributed by atoms with Gasteiger partial charge in [-0.3, -0.25) is 9.80 Å². The molecule has 3 aromatic carbocycles. The first kappa shape index (κ1) is 19.2. The second kappa shape index (κ2) is 7.72. The van der Waals surface area contributed by atoms with Crippen LogP contribution in [0.4, 0.5) is 16.2 Å². The number of nitrogens with zero attached hydrogens (tertiary/aromatic N) is 2. The summed E-state index contributed by atoms with van der Waals surface area (Å²) in [6.45, 7) is 4.20. The lowest BCUT2D eigenvalue weighted by molar-refractivity contribution is 0.255. The lowest BCUT2D eigenvalue weighted by atomic mass is 9.98. The maximum Gasteiger partial charge on any atom is 0.329 e. The number of rotatable bonds is 3. The van der Waals surface area contributed by atoms with Crippen LogP contribution in [0.2, 0.25) is 0 Å². The van der Waals surface area contributed by atoms with Crippen LogP contribution in [0.5, 0.6) is 0 Å². The monoisotopic (exact) mass is 498 g/mol. The first-order chi connectivity index (χ1) is 13.5. The molecule has 28 heavy (non-hydrogen) atoms. The normalized spacial score (nSPS) is 19.4. The smallest absolute Gasteiger partial charge is 0.289 e. The zero-order valence-electron chi connectivity index (χ0n) is 15.6. The average Bonchev–Trinajstić information content (AvgIpc) is 2.94. The quantitative estimate of drug-likeness (QED) is 0.377. The van der Waals surface area contributed by atoms with Gasteiger partial charge in [-0.1, -0.05) is 61.7 Å². The van der Waals surface area contributed by atoms with E-state index in [1.807, 2.05) is 58.3 Å². The molecule has 0 N–H and O–H groups in total. The summed E-state index contributed by atoms with van der Waals surface area (Å²) in [5.41, 5.74) is 4.13. The van der Waals surface area contributed by atoms with Gasteiger partial charge in [0.25, 0.3) is 0 Å². The predicted octanol–water partition coefficient (Wildman–Crippen LogP) is 7.10. The van der Waals surface area contributed by atoms with E-state index in [0.717, 1.165) is 25.9 Å². The summed E-state index contributed by atoms with van der Waals surface area (Å²) in [5.74, 6) is 0. The molecule has 1 aliphatic rings. The van der Waals surface area contributed by atoms with Crippen molar-refractivity contribution in [3.05, 3.63) is 92.9 Å². The van der Waals surface area contributed by atoms with E-state index in [4.69, 9.17) is 0 Å². The second-order valence-corrected chi connectivity index (χ2v) is 8.91. The van der Waals surface area contributed by atoms with E-state index in [0.29, 0.717) is 0 Å². The standard InChI is InChI=1S/C23H20Br2N2O/c1-15-4-3-5-17(14-15)22-16(2)26(20-10-6-18(24)7-11-20)23(28)27(22)21-12-8-19(25)9-13-21/h3-14,16,22H,1-2H3/t16-,22+/m0/s1. The lowest BCUT2D eigenvalue weighted by Crippen LogP contribution is -2.33. The van der Waals surface area contributed by atoms with Crippen molar-refractivity contribution in [1.29, 1.82) is 0 Å². The van der Waals surface area contributed by atoms with Crippen molar-refractivity contribution in [2.45, 2.75) is 25.9 Å². The Morgan fingerprint density at radius 2 is 1.32 bits per heavy atom. The molecule has 0 aliphatic carbocycles. The van der Waals surface area contributed by atoms with Gasteiger partial charge in [-0.05, 0) is 67.9 Å². The summed E-state index contributed by atoms with van der Waals surface area (Å²) in [6, 6.07) is 24.2. The van der Waals surface area contributed by atoms with Crippen LogP contribution in [0.1, 0.15) is 24.1 Å². The summed E-state index contributed by atoms with van der Waals surface area (Å²) in [5, 5.41) is 0. The van der Waals surface area contributed by atoms with Gasteiger partial charge in [0.1, 0.15) is 0 Å². The van der Waals surface area contributed by atoms with Gasteiger partial charge in [0.15, 0.2) is 0 Å². The van der Waals surface area contributed by atoms with E-state index in [2.05, 4.69) is 70.0 Å². The number of carbonyl (C=O) groups is 1. The minimum atomic E-state index is -0.0720. The van der Waals surface area contributed by atoms with E-state index in [9.17, 15) is 4.79 Å². The molecule has 0 aromatic heterocycles. The zero-order valence-corrected chi connectivity index (χ0v) is 18.8. The highest BCUT2D eigenvalue weighted by Gasteiger charge is 2.45. The Kier molecular flexibility index (Phi) is 5.30. The van der Waals surface area contributed by atoms with Crippen LogP contribution in [-0.4, -0.2) is 12.1 Å². The molecule has 142 valence electrons. The summed E-state index contributed by atoms with van der Waals surface area (Å²) < 4.78 is 1.99.